The first-order valence-electron chi connectivity index (χ1n) is 6.75. The molecule has 0 aliphatic carbocycles. The highest BCUT2D eigenvalue weighted by molar-refractivity contribution is 7.90. The third-order valence-corrected chi connectivity index (χ3v) is 4.09. The van der Waals surface area contributed by atoms with Crippen molar-refractivity contribution < 1.29 is 21.9 Å². The molecule has 0 unspecified atom stereocenters. The number of rotatable bonds is 7. The van der Waals surface area contributed by atoms with E-state index in [9.17, 15) is 17.2 Å². The van der Waals surface area contributed by atoms with E-state index >= 15 is 0 Å². The summed E-state index contributed by atoms with van der Waals surface area (Å²) in [5.74, 6) is 0.146. The van der Waals surface area contributed by atoms with E-state index in [1.807, 2.05) is 0 Å². The number of anilines is 1. The number of nitrogens with one attached hydrogen (secondary N) is 1. The van der Waals surface area contributed by atoms with Crippen LogP contribution in [0.1, 0.15) is 5.56 Å². The molecule has 8 heteroatoms. The second-order valence-electron chi connectivity index (χ2n) is 4.82. The number of halogens is 2. The molecule has 0 saturated carbocycles. The highest BCUT2D eigenvalue weighted by atomic mass is 32.2. The van der Waals surface area contributed by atoms with Gasteiger partial charge in [0.15, 0.2) is 16.4 Å². The Bertz CT molecular complexity index is 750. The Morgan fingerprint density at radius 2 is 1.91 bits per heavy atom. The van der Waals surface area contributed by atoms with E-state index in [2.05, 4.69) is 10.3 Å². The monoisotopic (exact) mass is 342 g/mol. The molecule has 2 rings (SSSR count). The van der Waals surface area contributed by atoms with Gasteiger partial charge in [0.05, 0.1) is 4.90 Å². The second-order valence-corrected chi connectivity index (χ2v) is 6.84. The van der Waals surface area contributed by atoms with Crippen molar-refractivity contribution in [1.82, 2.24) is 4.98 Å². The first-order valence-corrected chi connectivity index (χ1v) is 8.64. The zero-order chi connectivity index (χ0) is 16.9. The lowest BCUT2D eigenvalue weighted by Crippen LogP contribution is -2.11. The van der Waals surface area contributed by atoms with Crippen LogP contribution in [0.15, 0.2) is 47.5 Å². The predicted octanol–water partition coefficient (Wildman–Crippen LogP) is 2.74. The van der Waals surface area contributed by atoms with Crippen molar-refractivity contribution in [3.05, 3.63) is 48.2 Å². The fourth-order valence-electron chi connectivity index (χ4n) is 1.85. The number of sulfone groups is 1. The van der Waals surface area contributed by atoms with Crippen LogP contribution in [0.3, 0.4) is 0 Å². The Morgan fingerprint density at radius 1 is 1.22 bits per heavy atom. The second kappa shape index (κ2) is 7.36. The van der Waals surface area contributed by atoms with Crippen LogP contribution in [0.4, 0.5) is 14.5 Å². The lowest BCUT2D eigenvalue weighted by Gasteiger charge is -2.11. The fraction of sp³-hybridized carbons (Fsp3) is 0.267. The number of pyridine rings is 1. The molecule has 23 heavy (non-hydrogen) atoms. The molecule has 1 N–H and O–H groups in total. The third kappa shape index (κ3) is 5.17. The molecule has 0 atom stereocenters. The average molecular weight is 342 g/mol. The molecule has 0 amide bonds. The molecule has 5 nitrogen and oxygen atoms in total. The summed E-state index contributed by atoms with van der Waals surface area (Å²) in [5.41, 5.74) is 1.32. The van der Waals surface area contributed by atoms with Gasteiger partial charge in [0.2, 0.25) is 5.88 Å². The van der Waals surface area contributed by atoms with Crippen molar-refractivity contribution in [1.29, 1.82) is 0 Å². The highest BCUT2D eigenvalue weighted by Gasteiger charge is 2.09. The van der Waals surface area contributed by atoms with Crippen molar-refractivity contribution in [2.45, 2.75) is 17.9 Å². The molecule has 0 bridgehead atoms. The number of benzene rings is 1. The molecule has 0 radical (unpaired) electrons. The Kier molecular flexibility index (Phi) is 5.49. The van der Waals surface area contributed by atoms with Crippen molar-refractivity contribution in [3.63, 3.8) is 0 Å². The summed E-state index contributed by atoms with van der Waals surface area (Å²) in [6, 6.07) is 9.65. The van der Waals surface area contributed by atoms with E-state index < -0.39 is 22.9 Å². The summed E-state index contributed by atoms with van der Waals surface area (Å²) in [5, 5.41) is 3.07. The molecular formula is C15H16F2N2O3S. The Hall–Kier alpha value is -2.22. The highest BCUT2D eigenvalue weighted by Crippen LogP contribution is 2.18. The van der Waals surface area contributed by atoms with Gasteiger partial charge in [-0.3, -0.25) is 0 Å². The van der Waals surface area contributed by atoms with E-state index in [1.54, 1.807) is 24.3 Å². The van der Waals surface area contributed by atoms with Crippen molar-refractivity contribution in [3.8, 4) is 5.88 Å². The Labute approximate surface area is 133 Å². The van der Waals surface area contributed by atoms with Gasteiger partial charge in [0, 0.05) is 30.2 Å². The lowest BCUT2D eigenvalue weighted by molar-refractivity contribution is 0.0791. The number of hydrogen-bond acceptors (Lipinski definition) is 5. The van der Waals surface area contributed by atoms with Crippen LogP contribution >= 0.6 is 0 Å². The van der Waals surface area contributed by atoms with Crippen LogP contribution in [0.5, 0.6) is 5.88 Å². The summed E-state index contributed by atoms with van der Waals surface area (Å²) < 4.78 is 52.2. The zero-order valence-corrected chi connectivity index (χ0v) is 13.2. The van der Waals surface area contributed by atoms with Gasteiger partial charge in [-0.1, -0.05) is 6.07 Å². The quantitative estimate of drug-likeness (QED) is 0.838. The largest absolute Gasteiger partial charge is 0.471 e. The first kappa shape index (κ1) is 17.1. The van der Waals surface area contributed by atoms with Gasteiger partial charge in [-0.15, -0.1) is 0 Å². The van der Waals surface area contributed by atoms with Crippen LogP contribution in [0.2, 0.25) is 0 Å². The zero-order valence-electron chi connectivity index (χ0n) is 12.4. The number of aromatic nitrogens is 1. The minimum absolute atomic E-state index is 0.146. The van der Waals surface area contributed by atoms with Crippen molar-refractivity contribution in [2.75, 3.05) is 18.2 Å². The number of hydrogen-bond donors (Lipinski definition) is 1. The van der Waals surface area contributed by atoms with Gasteiger partial charge >= 0.3 is 0 Å². The van der Waals surface area contributed by atoms with Crippen LogP contribution in [-0.4, -0.2) is 32.7 Å². The molecular weight excluding hydrogens is 326 g/mol. The molecule has 0 saturated heterocycles. The Morgan fingerprint density at radius 3 is 2.52 bits per heavy atom. The maximum atomic E-state index is 12.2. The number of ether oxygens (including phenoxy) is 1. The SMILES string of the molecule is CS(=O)(=O)c1ccc(NCc2cccnc2OCC(F)F)cc1. The number of nitrogens with zero attached hydrogens (tertiary/aromatic N) is 1. The van der Waals surface area contributed by atoms with E-state index in [4.69, 9.17) is 4.74 Å². The van der Waals surface area contributed by atoms with Crippen LogP contribution in [-0.2, 0) is 16.4 Å². The molecule has 0 aliphatic rings. The third-order valence-electron chi connectivity index (χ3n) is 2.96. The molecule has 2 aromatic rings. The van der Waals surface area contributed by atoms with Gasteiger partial charge in [-0.2, -0.15) is 0 Å². The predicted molar refractivity (Wildman–Crippen MR) is 82.6 cm³/mol. The summed E-state index contributed by atoms with van der Waals surface area (Å²) >= 11 is 0. The molecule has 0 aliphatic heterocycles. The van der Waals surface area contributed by atoms with Gasteiger partial charge in [0.25, 0.3) is 6.43 Å². The van der Waals surface area contributed by atoms with E-state index in [-0.39, 0.29) is 10.8 Å². The summed E-state index contributed by atoms with van der Waals surface area (Å²) in [4.78, 5) is 4.16. The van der Waals surface area contributed by atoms with Gasteiger partial charge < -0.3 is 10.1 Å². The molecule has 1 aromatic carbocycles. The van der Waals surface area contributed by atoms with Gasteiger partial charge in [0.1, 0.15) is 0 Å². The smallest absolute Gasteiger partial charge is 0.272 e. The molecule has 0 fully saturated rings. The molecule has 124 valence electrons. The molecule has 0 spiro atoms. The van der Waals surface area contributed by atoms with E-state index in [0.717, 1.165) is 6.26 Å². The summed E-state index contributed by atoms with van der Waals surface area (Å²) in [6.07, 6.45) is 0.0319. The van der Waals surface area contributed by atoms with Crippen molar-refractivity contribution >= 4 is 15.5 Å². The standard InChI is InChI=1S/C15H16F2N2O3S/c1-23(20,21)13-6-4-12(5-7-13)19-9-11-3-2-8-18-15(11)22-10-14(16)17/h2-8,14,19H,9-10H2,1H3. The van der Waals surface area contributed by atoms with Crippen LogP contribution < -0.4 is 10.1 Å². The van der Waals surface area contributed by atoms with E-state index in [1.165, 1.54) is 18.3 Å². The van der Waals surface area contributed by atoms with Gasteiger partial charge in [-0.05, 0) is 30.3 Å². The van der Waals surface area contributed by atoms with Gasteiger partial charge in [-0.25, -0.2) is 22.2 Å². The average Bonchev–Trinajstić information content (AvgIpc) is 2.51. The lowest BCUT2D eigenvalue weighted by atomic mass is 10.2. The maximum absolute atomic E-state index is 12.2. The first-order chi connectivity index (χ1) is 10.9. The molecule has 1 heterocycles. The normalized spacial score (nSPS) is 11.5. The minimum atomic E-state index is -3.24. The molecule has 1 aromatic heterocycles. The minimum Gasteiger partial charge on any atom is -0.471 e. The van der Waals surface area contributed by atoms with E-state index in [0.29, 0.717) is 17.8 Å². The number of alkyl halides is 2. The van der Waals surface area contributed by atoms with Crippen LogP contribution in [0.25, 0.3) is 0 Å². The maximum Gasteiger partial charge on any atom is 0.272 e. The van der Waals surface area contributed by atoms with Crippen LogP contribution in [0, 0.1) is 0 Å². The topological polar surface area (TPSA) is 68.3 Å². The van der Waals surface area contributed by atoms with Crippen molar-refractivity contribution in [2.24, 2.45) is 0 Å². The summed E-state index contributed by atoms with van der Waals surface area (Å²) in [6.45, 7) is -0.405. The summed E-state index contributed by atoms with van der Waals surface area (Å²) in [7, 11) is -3.24. The fourth-order valence-corrected chi connectivity index (χ4v) is 2.48. The Balaban J connectivity index is 2.03.